The highest BCUT2D eigenvalue weighted by Crippen LogP contribution is 2.36. The highest BCUT2D eigenvalue weighted by Gasteiger charge is 2.41. The lowest BCUT2D eigenvalue weighted by Gasteiger charge is -2.41. The Labute approximate surface area is 154 Å². The number of rotatable bonds is 1. The molecule has 1 fully saturated rings. The summed E-state index contributed by atoms with van der Waals surface area (Å²) in [6, 6.07) is 11.7. The van der Waals surface area contributed by atoms with Crippen molar-refractivity contribution in [3.8, 4) is 5.75 Å². The third-order valence-corrected chi connectivity index (χ3v) is 5.45. The molecular weight excluding hydrogens is 326 g/mol. The monoisotopic (exact) mass is 351 g/mol. The summed E-state index contributed by atoms with van der Waals surface area (Å²) in [6.45, 7) is 5.19. The van der Waals surface area contributed by atoms with Gasteiger partial charge in [0.1, 0.15) is 17.0 Å². The van der Waals surface area contributed by atoms with Crippen molar-refractivity contribution in [2.75, 3.05) is 26.7 Å². The minimum absolute atomic E-state index is 0.0261. The molecule has 1 aromatic carbocycles. The normalized spacial score (nSPS) is 19.5. The van der Waals surface area contributed by atoms with Crippen LogP contribution in [0.3, 0.4) is 0 Å². The second-order valence-electron chi connectivity index (χ2n) is 7.58. The molecule has 26 heavy (non-hydrogen) atoms. The molecule has 2 aliphatic rings. The maximum absolute atomic E-state index is 13.1. The van der Waals surface area contributed by atoms with Gasteiger partial charge in [0.25, 0.3) is 5.91 Å². The first kappa shape index (κ1) is 17.0. The molecule has 2 aromatic rings. The number of fused-ring (bicyclic) bond motifs is 1. The first-order valence-electron chi connectivity index (χ1n) is 9.22. The molecule has 0 N–H and O–H groups in total. The summed E-state index contributed by atoms with van der Waals surface area (Å²) in [5.41, 5.74) is 2.42. The second kappa shape index (κ2) is 6.72. The molecule has 136 valence electrons. The van der Waals surface area contributed by atoms with Crippen LogP contribution >= 0.6 is 0 Å². The van der Waals surface area contributed by atoms with E-state index in [0.717, 1.165) is 37.2 Å². The number of pyridine rings is 1. The number of amides is 1. The van der Waals surface area contributed by atoms with Crippen LogP contribution in [0.4, 0.5) is 0 Å². The molecule has 0 aliphatic carbocycles. The molecule has 1 aromatic heterocycles. The van der Waals surface area contributed by atoms with Crippen molar-refractivity contribution in [1.82, 2.24) is 14.8 Å². The highest BCUT2D eigenvalue weighted by molar-refractivity contribution is 5.92. The molecule has 1 saturated heterocycles. The van der Waals surface area contributed by atoms with Crippen LogP contribution in [0.2, 0.25) is 0 Å². The summed E-state index contributed by atoms with van der Waals surface area (Å²) < 4.78 is 6.56. The lowest BCUT2D eigenvalue weighted by Crippen LogP contribution is -2.53. The van der Waals surface area contributed by atoms with Gasteiger partial charge in [-0.1, -0.05) is 23.8 Å². The Morgan fingerprint density at radius 3 is 2.73 bits per heavy atom. The zero-order valence-electron chi connectivity index (χ0n) is 15.4. The molecule has 5 heteroatoms. The lowest BCUT2D eigenvalue weighted by atomic mass is 9.90. The van der Waals surface area contributed by atoms with Crippen LogP contribution in [0.15, 0.2) is 42.6 Å². The smallest absolute Gasteiger partial charge is 0.272 e. The average molecular weight is 351 g/mol. The van der Waals surface area contributed by atoms with Crippen molar-refractivity contribution in [1.29, 1.82) is 0 Å². The van der Waals surface area contributed by atoms with Gasteiger partial charge in [0, 0.05) is 44.2 Å². The Morgan fingerprint density at radius 1 is 1.19 bits per heavy atom. The lowest BCUT2D eigenvalue weighted by molar-refractivity contribution is -0.0104. The van der Waals surface area contributed by atoms with E-state index in [2.05, 4.69) is 42.1 Å². The quantitative estimate of drug-likeness (QED) is 0.793. The van der Waals surface area contributed by atoms with Crippen molar-refractivity contribution in [2.45, 2.75) is 31.9 Å². The number of aryl methyl sites for hydroxylation is 1. The molecule has 4 rings (SSSR count). The van der Waals surface area contributed by atoms with Gasteiger partial charge < -0.3 is 14.5 Å². The summed E-state index contributed by atoms with van der Waals surface area (Å²) in [4.78, 5) is 21.6. The number of ether oxygens (including phenoxy) is 1. The average Bonchev–Trinajstić information content (AvgIpc) is 2.81. The van der Waals surface area contributed by atoms with E-state index >= 15 is 0 Å². The van der Waals surface area contributed by atoms with Gasteiger partial charge in [-0.05, 0) is 32.2 Å². The molecule has 2 aliphatic heterocycles. The van der Waals surface area contributed by atoms with Crippen LogP contribution in [0, 0.1) is 6.92 Å². The predicted molar refractivity (Wildman–Crippen MR) is 100 cm³/mol. The summed E-state index contributed by atoms with van der Waals surface area (Å²) >= 11 is 0. The van der Waals surface area contributed by atoms with E-state index < -0.39 is 0 Å². The molecule has 5 nitrogen and oxygen atoms in total. The number of aromatic nitrogens is 1. The fraction of sp³-hybridized carbons (Fsp3) is 0.429. The zero-order chi connectivity index (χ0) is 18.1. The van der Waals surface area contributed by atoms with E-state index in [1.807, 2.05) is 17.0 Å². The van der Waals surface area contributed by atoms with Gasteiger partial charge in [0.2, 0.25) is 0 Å². The first-order chi connectivity index (χ1) is 12.5. The maximum atomic E-state index is 13.1. The third-order valence-electron chi connectivity index (χ3n) is 5.45. The summed E-state index contributed by atoms with van der Waals surface area (Å²) in [6.07, 6.45) is 3.51. The van der Waals surface area contributed by atoms with Crippen molar-refractivity contribution >= 4 is 5.91 Å². The number of carbonyl (C=O) groups is 1. The molecule has 3 heterocycles. The fourth-order valence-electron chi connectivity index (χ4n) is 3.89. The van der Waals surface area contributed by atoms with Gasteiger partial charge in [-0.2, -0.15) is 0 Å². The second-order valence-corrected chi connectivity index (χ2v) is 7.58. The fourth-order valence-corrected chi connectivity index (χ4v) is 3.89. The molecule has 0 radical (unpaired) electrons. The van der Waals surface area contributed by atoms with Gasteiger partial charge in [0.15, 0.2) is 0 Å². The Morgan fingerprint density at radius 2 is 2.00 bits per heavy atom. The van der Waals surface area contributed by atoms with Crippen LogP contribution < -0.4 is 4.74 Å². The van der Waals surface area contributed by atoms with Gasteiger partial charge in [-0.3, -0.25) is 9.78 Å². The Bertz CT molecular complexity index is 798. The summed E-state index contributed by atoms with van der Waals surface area (Å²) in [5, 5.41) is 0. The Balaban J connectivity index is 1.71. The zero-order valence-corrected chi connectivity index (χ0v) is 15.4. The number of nitrogens with zero attached hydrogens (tertiary/aromatic N) is 3. The van der Waals surface area contributed by atoms with Crippen LogP contribution in [-0.4, -0.2) is 53.0 Å². The highest BCUT2D eigenvalue weighted by atomic mass is 16.5. The Hall–Kier alpha value is -2.40. The number of carbonyl (C=O) groups excluding carboxylic acids is 1. The minimum Gasteiger partial charge on any atom is -0.485 e. The van der Waals surface area contributed by atoms with Crippen LogP contribution in [0.1, 0.15) is 34.5 Å². The number of likely N-dealkylation sites (tertiary alicyclic amines) is 1. The number of piperidine rings is 1. The van der Waals surface area contributed by atoms with Crippen LogP contribution in [-0.2, 0) is 6.54 Å². The van der Waals surface area contributed by atoms with Crippen molar-refractivity contribution in [3.63, 3.8) is 0 Å². The third kappa shape index (κ3) is 3.31. The molecule has 0 saturated carbocycles. The van der Waals surface area contributed by atoms with Crippen molar-refractivity contribution in [2.24, 2.45) is 0 Å². The summed E-state index contributed by atoms with van der Waals surface area (Å²) in [5.74, 6) is 0.887. The SMILES string of the molecule is Cc1ccc2c(c1)CN(C(=O)c1ccccn1)CC1(CCN(C)CC1)O2. The van der Waals surface area contributed by atoms with Crippen molar-refractivity contribution in [3.05, 3.63) is 59.4 Å². The van der Waals surface area contributed by atoms with Gasteiger partial charge in [-0.15, -0.1) is 0 Å². The molecule has 0 unspecified atom stereocenters. The van der Waals surface area contributed by atoms with E-state index in [4.69, 9.17) is 4.74 Å². The minimum atomic E-state index is -0.322. The van der Waals surface area contributed by atoms with E-state index in [1.165, 1.54) is 5.56 Å². The molecule has 0 atom stereocenters. The molecule has 1 amide bonds. The molecular formula is C21H25N3O2. The standard InChI is InChI=1S/C21H25N3O2/c1-16-6-7-19-17(13-16)14-24(20(25)18-5-3-4-10-22-18)15-21(26-19)8-11-23(2)12-9-21/h3-7,10,13H,8-9,11-12,14-15H2,1-2H3. The number of hydrogen-bond acceptors (Lipinski definition) is 4. The van der Waals surface area contributed by atoms with E-state index in [1.54, 1.807) is 12.3 Å². The summed E-state index contributed by atoms with van der Waals surface area (Å²) in [7, 11) is 2.14. The van der Waals surface area contributed by atoms with Gasteiger partial charge in [-0.25, -0.2) is 0 Å². The number of hydrogen-bond donors (Lipinski definition) is 0. The van der Waals surface area contributed by atoms with E-state index in [9.17, 15) is 4.79 Å². The maximum Gasteiger partial charge on any atom is 0.272 e. The topological polar surface area (TPSA) is 45.7 Å². The van der Waals surface area contributed by atoms with Crippen molar-refractivity contribution < 1.29 is 9.53 Å². The van der Waals surface area contributed by atoms with Gasteiger partial charge >= 0.3 is 0 Å². The van der Waals surface area contributed by atoms with E-state index in [-0.39, 0.29) is 11.5 Å². The Kier molecular flexibility index (Phi) is 4.41. The van der Waals surface area contributed by atoms with E-state index in [0.29, 0.717) is 18.8 Å². The van der Waals surface area contributed by atoms with Crippen LogP contribution in [0.5, 0.6) is 5.75 Å². The largest absolute Gasteiger partial charge is 0.485 e. The molecule has 0 bridgehead atoms. The number of benzene rings is 1. The van der Waals surface area contributed by atoms with Gasteiger partial charge in [0.05, 0.1) is 6.54 Å². The van der Waals surface area contributed by atoms with Crippen LogP contribution in [0.25, 0.3) is 0 Å². The predicted octanol–water partition coefficient (Wildman–Crippen LogP) is 2.89. The first-order valence-corrected chi connectivity index (χ1v) is 9.22. The molecule has 1 spiro atoms.